The number of nitrogens with one attached hydrogen (secondary N) is 1. The SMILES string of the molecule is C=C(C)C(=O)ONCCC[Si](C)(OCC)OCC. The first-order valence-corrected chi connectivity index (χ1v) is 8.85. The molecule has 0 aromatic rings. The molecule has 0 bridgehead atoms. The fourth-order valence-corrected chi connectivity index (χ4v) is 3.89. The van der Waals surface area contributed by atoms with Gasteiger partial charge in [0.2, 0.25) is 0 Å². The third-order valence-electron chi connectivity index (χ3n) is 2.32. The van der Waals surface area contributed by atoms with Gasteiger partial charge in [0, 0.05) is 25.3 Å². The summed E-state index contributed by atoms with van der Waals surface area (Å²) in [6.45, 7) is 13.0. The molecule has 0 aromatic carbocycles. The molecule has 0 aromatic heterocycles. The molecule has 0 heterocycles. The number of carbonyl (C=O) groups excluding carboxylic acids is 1. The number of hydrogen-bond acceptors (Lipinski definition) is 5. The number of rotatable bonds is 10. The molecule has 0 radical (unpaired) electrons. The van der Waals surface area contributed by atoms with Crippen molar-refractivity contribution in [3.63, 3.8) is 0 Å². The van der Waals surface area contributed by atoms with Gasteiger partial charge in [0.05, 0.1) is 0 Å². The van der Waals surface area contributed by atoms with Crippen LogP contribution in [-0.2, 0) is 18.5 Å². The smallest absolute Gasteiger partial charge is 0.351 e. The normalized spacial score (nSPS) is 11.3. The molecule has 0 spiro atoms. The molecule has 0 saturated heterocycles. The van der Waals surface area contributed by atoms with Gasteiger partial charge in [-0.1, -0.05) is 6.58 Å². The van der Waals surface area contributed by atoms with Gasteiger partial charge < -0.3 is 13.7 Å². The lowest BCUT2D eigenvalue weighted by Crippen LogP contribution is -2.39. The fourth-order valence-electron chi connectivity index (χ4n) is 1.48. The van der Waals surface area contributed by atoms with E-state index < -0.39 is 14.5 Å². The Bertz CT molecular complexity index is 265. The Morgan fingerprint density at radius 2 is 1.83 bits per heavy atom. The highest BCUT2D eigenvalue weighted by atomic mass is 28.4. The number of hydrogen-bond donors (Lipinski definition) is 1. The lowest BCUT2D eigenvalue weighted by molar-refractivity contribution is -0.146. The third-order valence-corrected chi connectivity index (χ3v) is 5.38. The van der Waals surface area contributed by atoms with Gasteiger partial charge in [-0.25, -0.2) is 4.79 Å². The predicted octanol–water partition coefficient (Wildman–Crippen LogP) is 2.15. The number of hydroxylamine groups is 1. The van der Waals surface area contributed by atoms with Gasteiger partial charge in [0.1, 0.15) is 0 Å². The first kappa shape index (κ1) is 17.3. The van der Waals surface area contributed by atoms with E-state index in [0.717, 1.165) is 12.5 Å². The van der Waals surface area contributed by atoms with Crippen molar-refractivity contribution >= 4 is 14.5 Å². The van der Waals surface area contributed by atoms with Gasteiger partial charge >= 0.3 is 14.5 Å². The van der Waals surface area contributed by atoms with Crippen LogP contribution in [0.15, 0.2) is 12.2 Å². The van der Waals surface area contributed by atoms with Gasteiger partial charge in [-0.15, -0.1) is 0 Å². The molecule has 0 atom stereocenters. The molecule has 0 aliphatic rings. The van der Waals surface area contributed by atoms with Crippen LogP contribution in [0, 0.1) is 0 Å². The van der Waals surface area contributed by atoms with Crippen molar-refractivity contribution in [1.29, 1.82) is 0 Å². The van der Waals surface area contributed by atoms with Gasteiger partial charge in [-0.05, 0) is 39.8 Å². The molecule has 0 saturated carbocycles. The van der Waals surface area contributed by atoms with Gasteiger partial charge in [0.15, 0.2) is 0 Å². The van der Waals surface area contributed by atoms with Crippen molar-refractivity contribution in [3.8, 4) is 0 Å². The summed E-state index contributed by atoms with van der Waals surface area (Å²) in [7, 11) is -2.05. The van der Waals surface area contributed by atoms with Crippen molar-refractivity contribution in [2.24, 2.45) is 0 Å². The van der Waals surface area contributed by atoms with E-state index in [4.69, 9.17) is 13.7 Å². The lowest BCUT2D eigenvalue weighted by Gasteiger charge is -2.25. The molecule has 0 rings (SSSR count). The van der Waals surface area contributed by atoms with E-state index in [1.807, 2.05) is 13.8 Å². The molecule has 1 N–H and O–H groups in total. The van der Waals surface area contributed by atoms with Crippen LogP contribution in [0.25, 0.3) is 0 Å². The summed E-state index contributed by atoms with van der Waals surface area (Å²) >= 11 is 0. The van der Waals surface area contributed by atoms with Crippen molar-refractivity contribution in [2.75, 3.05) is 19.8 Å². The monoisotopic (exact) mass is 275 g/mol. The Hall–Kier alpha value is -0.693. The Morgan fingerprint density at radius 1 is 1.28 bits per heavy atom. The van der Waals surface area contributed by atoms with Crippen molar-refractivity contribution in [2.45, 2.75) is 39.8 Å². The van der Waals surface area contributed by atoms with Crippen LogP contribution in [0.1, 0.15) is 27.2 Å². The van der Waals surface area contributed by atoms with E-state index in [2.05, 4.69) is 18.6 Å². The summed E-state index contributed by atoms with van der Waals surface area (Å²) in [6, 6.07) is 0.867. The van der Waals surface area contributed by atoms with E-state index in [1.54, 1.807) is 6.92 Å². The zero-order valence-electron chi connectivity index (χ0n) is 11.9. The van der Waals surface area contributed by atoms with Crippen LogP contribution in [0.2, 0.25) is 12.6 Å². The first-order chi connectivity index (χ1) is 8.45. The zero-order chi connectivity index (χ0) is 14.0. The molecule has 106 valence electrons. The molecule has 0 amide bonds. The Labute approximate surface area is 111 Å². The molecule has 0 unspecified atom stereocenters. The van der Waals surface area contributed by atoms with E-state index in [0.29, 0.717) is 25.3 Å². The van der Waals surface area contributed by atoms with Gasteiger partial charge in [0.25, 0.3) is 0 Å². The lowest BCUT2D eigenvalue weighted by atomic mass is 10.4. The highest BCUT2D eigenvalue weighted by Crippen LogP contribution is 2.15. The minimum absolute atomic E-state index is 0.380. The average Bonchev–Trinajstić information content (AvgIpc) is 2.28. The molecule has 0 aliphatic carbocycles. The minimum Gasteiger partial charge on any atom is -0.395 e. The quantitative estimate of drug-likeness (QED) is 0.286. The summed E-state index contributed by atoms with van der Waals surface area (Å²) in [5, 5.41) is 0. The average molecular weight is 275 g/mol. The molecule has 0 aliphatic heterocycles. The van der Waals surface area contributed by atoms with Crippen LogP contribution in [0.5, 0.6) is 0 Å². The molecular formula is C12H25NO4Si. The zero-order valence-corrected chi connectivity index (χ0v) is 12.9. The van der Waals surface area contributed by atoms with Crippen LogP contribution in [-0.4, -0.2) is 34.3 Å². The maximum absolute atomic E-state index is 11.1. The standard InChI is InChI=1S/C12H25NO4Si/c1-6-15-18(5,16-7-2)10-8-9-13-17-12(14)11(3)4/h13H,3,6-10H2,1-2,4-5H3. The van der Waals surface area contributed by atoms with Crippen LogP contribution in [0.3, 0.4) is 0 Å². The van der Waals surface area contributed by atoms with Crippen LogP contribution < -0.4 is 5.48 Å². The van der Waals surface area contributed by atoms with Crippen molar-refractivity contribution in [1.82, 2.24) is 5.48 Å². The second-order valence-corrected chi connectivity index (χ2v) is 7.51. The predicted molar refractivity (Wildman–Crippen MR) is 73.2 cm³/mol. The summed E-state index contributed by atoms with van der Waals surface area (Å²) < 4.78 is 11.4. The highest BCUT2D eigenvalue weighted by Gasteiger charge is 2.29. The summed E-state index contributed by atoms with van der Waals surface area (Å²) in [4.78, 5) is 15.9. The molecule has 0 fully saturated rings. The van der Waals surface area contributed by atoms with Gasteiger partial charge in [-0.2, -0.15) is 5.48 Å². The summed E-state index contributed by atoms with van der Waals surface area (Å²) in [5.74, 6) is -0.426. The summed E-state index contributed by atoms with van der Waals surface area (Å²) in [5.41, 5.74) is 3.00. The Kier molecular flexibility index (Phi) is 8.91. The fraction of sp³-hybridized carbons (Fsp3) is 0.750. The second kappa shape index (κ2) is 9.27. The largest absolute Gasteiger partial charge is 0.395 e. The Balaban J connectivity index is 3.80. The Morgan fingerprint density at radius 3 is 2.28 bits per heavy atom. The van der Waals surface area contributed by atoms with E-state index in [-0.39, 0.29) is 0 Å². The van der Waals surface area contributed by atoms with Crippen molar-refractivity contribution < 1.29 is 18.5 Å². The van der Waals surface area contributed by atoms with Crippen LogP contribution in [0.4, 0.5) is 0 Å². The molecular weight excluding hydrogens is 250 g/mol. The molecule has 18 heavy (non-hydrogen) atoms. The summed E-state index contributed by atoms with van der Waals surface area (Å²) in [6.07, 6.45) is 0.839. The maximum Gasteiger partial charge on any atom is 0.351 e. The van der Waals surface area contributed by atoms with E-state index >= 15 is 0 Å². The van der Waals surface area contributed by atoms with Crippen LogP contribution >= 0.6 is 0 Å². The van der Waals surface area contributed by atoms with Crippen molar-refractivity contribution in [3.05, 3.63) is 12.2 Å². The first-order valence-electron chi connectivity index (χ1n) is 6.32. The maximum atomic E-state index is 11.1. The van der Waals surface area contributed by atoms with E-state index in [1.165, 1.54) is 0 Å². The number of carbonyl (C=O) groups is 1. The minimum atomic E-state index is -2.05. The van der Waals surface area contributed by atoms with E-state index in [9.17, 15) is 4.79 Å². The highest BCUT2D eigenvalue weighted by molar-refractivity contribution is 6.66. The topological polar surface area (TPSA) is 56.8 Å². The second-order valence-electron chi connectivity index (χ2n) is 4.17. The third kappa shape index (κ3) is 7.60. The van der Waals surface area contributed by atoms with Gasteiger partial charge in [-0.3, -0.25) is 0 Å². The molecule has 5 nitrogen and oxygen atoms in total. The molecule has 6 heteroatoms.